The van der Waals surface area contributed by atoms with Gasteiger partial charge in [-0.2, -0.15) is 0 Å². The van der Waals surface area contributed by atoms with Crippen LogP contribution < -0.4 is 26.6 Å². The maximum Gasteiger partial charge on any atom is 0.333 e. The minimum Gasteiger partial charge on any atom is -0.381 e. The fourth-order valence-electron chi connectivity index (χ4n) is 4.11. The first-order chi connectivity index (χ1) is 19.5. The standard InChI is InChI=1S/C27H21BrClN5O5S2/c1-15-12-19(31-26(36)33-41(38,39)24-11-10-23(28)40-24)7-9-22(15)34-25(35)20-8-6-18(13-21(20)32-27(34)37)30-14-16-2-4-17(29)5-3-16/h2-13,30H,14H2,1H3,(H,32,37)(H2,31,33,36). The number of halogens is 2. The first kappa shape index (κ1) is 28.6. The van der Waals surface area contributed by atoms with Crippen LogP contribution in [0.4, 0.5) is 16.2 Å². The Kier molecular flexibility index (Phi) is 8.04. The van der Waals surface area contributed by atoms with Gasteiger partial charge in [0.25, 0.3) is 15.6 Å². The van der Waals surface area contributed by atoms with Crippen molar-refractivity contribution in [2.24, 2.45) is 0 Å². The number of carbonyl (C=O) groups excluding carboxylic acids is 1. The van der Waals surface area contributed by atoms with E-state index in [1.165, 1.54) is 24.3 Å². The van der Waals surface area contributed by atoms with Crippen LogP contribution in [0, 0.1) is 6.92 Å². The molecule has 2 aromatic heterocycles. The van der Waals surface area contributed by atoms with E-state index in [9.17, 15) is 22.8 Å². The van der Waals surface area contributed by atoms with Gasteiger partial charge in [0.15, 0.2) is 0 Å². The molecule has 210 valence electrons. The van der Waals surface area contributed by atoms with E-state index in [2.05, 4.69) is 31.5 Å². The molecule has 0 saturated heterocycles. The SMILES string of the molecule is Cc1cc(NC(=O)NS(=O)(=O)c2ccc(Br)s2)ccc1-n1c(=O)[nH]c2cc(NCc3ccc(Cl)cc3)ccc2c1=O. The molecule has 0 spiro atoms. The quantitative estimate of drug-likeness (QED) is 0.177. The summed E-state index contributed by atoms with van der Waals surface area (Å²) in [6, 6.07) is 19.0. The number of aromatic nitrogens is 2. The number of aryl methyl sites for hydroxylation is 1. The topological polar surface area (TPSA) is 142 Å². The van der Waals surface area contributed by atoms with Crippen LogP contribution in [0.15, 0.2) is 90.4 Å². The number of carbonyl (C=O) groups is 1. The molecule has 2 amide bonds. The number of nitrogens with zero attached hydrogens (tertiary/aromatic N) is 1. The largest absolute Gasteiger partial charge is 0.381 e. The van der Waals surface area contributed by atoms with Crippen molar-refractivity contribution in [2.75, 3.05) is 10.6 Å². The van der Waals surface area contributed by atoms with Crippen LogP contribution in [0.3, 0.4) is 0 Å². The molecule has 5 rings (SSSR count). The van der Waals surface area contributed by atoms with E-state index in [-0.39, 0.29) is 9.90 Å². The normalized spacial score (nSPS) is 11.4. The van der Waals surface area contributed by atoms with Crippen molar-refractivity contribution in [3.8, 4) is 5.69 Å². The Morgan fingerprint density at radius 3 is 2.41 bits per heavy atom. The molecule has 10 nitrogen and oxygen atoms in total. The molecule has 2 heterocycles. The molecule has 41 heavy (non-hydrogen) atoms. The highest BCUT2D eigenvalue weighted by Crippen LogP contribution is 2.26. The Balaban J connectivity index is 1.35. The van der Waals surface area contributed by atoms with Crippen LogP contribution in [-0.4, -0.2) is 24.0 Å². The number of sulfonamides is 1. The van der Waals surface area contributed by atoms with Crippen molar-refractivity contribution < 1.29 is 13.2 Å². The summed E-state index contributed by atoms with van der Waals surface area (Å²) in [5, 5.41) is 6.68. The molecular weight excluding hydrogens is 654 g/mol. The van der Waals surface area contributed by atoms with Crippen LogP contribution in [0.1, 0.15) is 11.1 Å². The Morgan fingerprint density at radius 1 is 1.00 bits per heavy atom. The maximum atomic E-state index is 13.3. The number of amides is 2. The van der Waals surface area contributed by atoms with Crippen LogP contribution in [-0.2, 0) is 16.6 Å². The molecule has 0 aliphatic rings. The lowest BCUT2D eigenvalue weighted by Gasteiger charge is -2.13. The van der Waals surface area contributed by atoms with Gasteiger partial charge in [-0.15, -0.1) is 11.3 Å². The lowest BCUT2D eigenvalue weighted by atomic mass is 10.1. The number of nitrogens with one attached hydrogen (secondary N) is 4. The minimum absolute atomic E-state index is 0.0228. The number of hydrogen-bond acceptors (Lipinski definition) is 7. The summed E-state index contributed by atoms with van der Waals surface area (Å²) >= 11 is 10.1. The second-order valence-electron chi connectivity index (χ2n) is 8.93. The summed E-state index contributed by atoms with van der Waals surface area (Å²) in [7, 11) is -4.05. The maximum absolute atomic E-state index is 13.3. The number of aromatic amines is 1. The zero-order valence-corrected chi connectivity index (χ0v) is 25.2. The van der Waals surface area contributed by atoms with Gasteiger partial charge in [-0.1, -0.05) is 23.7 Å². The predicted octanol–water partition coefficient (Wildman–Crippen LogP) is 5.59. The average Bonchev–Trinajstić information content (AvgIpc) is 3.36. The van der Waals surface area contributed by atoms with Crippen molar-refractivity contribution in [3.05, 3.63) is 114 Å². The van der Waals surface area contributed by atoms with Gasteiger partial charge in [-0.05, 0) is 94.6 Å². The zero-order valence-electron chi connectivity index (χ0n) is 21.2. The molecule has 0 aliphatic carbocycles. The van der Waals surface area contributed by atoms with Gasteiger partial charge in [0, 0.05) is 22.9 Å². The van der Waals surface area contributed by atoms with Crippen molar-refractivity contribution in [2.45, 2.75) is 17.7 Å². The second kappa shape index (κ2) is 11.5. The molecule has 5 aromatic rings. The highest BCUT2D eigenvalue weighted by Gasteiger charge is 2.20. The molecule has 3 aromatic carbocycles. The molecule has 14 heteroatoms. The monoisotopic (exact) mass is 673 g/mol. The highest BCUT2D eigenvalue weighted by molar-refractivity contribution is 9.11. The number of rotatable bonds is 7. The summed E-state index contributed by atoms with van der Waals surface area (Å²) in [4.78, 5) is 41.5. The van der Waals surface area contributed by atoms with Crippen molar-refractivity contribution >= 4 is 77.2 Å². The van der Waals surface area contributed by atoms with E-state index in [1.54, 1.807) is 43.3 Å². The van der Waals surface area contributed by atoms with E-state index in [0.29, 0.717) is 37.5 Å². The Morgan fingerprint density at radius 2 is 1.73 bits per heavy atom. The minimum atomic E-state index is -4.05. The molecule has 0 saturated carbocycles. The zero-order chi connectivity index (χ0) is 29.3. The van der Waals surface area contributed by atoms with E-state index in [1.807, 2.05) is 16.9 Å². The molecule has 0 fully saturated rings. The number of H-pyrrole nitrogens is 1. The number of fused-ring (bicyclic) bond motifs is 1. The predicted molar refractivity (Wildman–Crippen MR) is 165 cm³/mol. The molecule has 0 aliphatic heterocycles. The van der Waals surface area contributed by atoms with Gasteiger partial charge in [-0.25, -0.2) is 27.3 Å². The third-order valence-electron chi connectivity index (χ3n) is 6.04. The van der Waals surface area contributed by atoms with Gasteiger partial charge >= 0.3 is 11.7 Å². The molecule has 0 unspecified atom stereocenters. The van der Waals surface area contributed by atoms with E-state index in [4.69, 9.17) is 11.6 Å². The van der Waals surface area contributed by atoms with E-state index < -0.39 is 27.3 Å². The smallest absolute Gasteiger partial charge is 0.333 e. The summed E-state index contributed by atoms with van der Waals surface area (Å²) in [6.45, 7) is 2.19. The molecule has 4 N–H and O–H groups in total. The van der Waals surface area contributed by atoms with Crippen molar-refractivity contribution in [1.29, 1.82) is 0 Å². The molecular formula is C27H21BrClN5O5S2. The number of hydrogen-bond donors (Lipinski definition) is 4. The lowest BCUT2D eigenvalue weighted by Crippen LogP contribution is -2.34. The lowest BCUT2D eigenvalue weighted by molar-refractivity contribution is 0.256. The van der Waals surface area contributed by atoms with Crippen LogP contribution in [0.5, 0.6) is 0 Å². The first-order valence-electron chi connectivity index (χ1n) is 12.0. The van der Waals surface area contributed by atoms with Crippen LogP contribution in [0.2, 0.25) is 5.02 Å². The van der Waals surface area contributed by atoms with Gasteiger partial charge in [0.1, 0.15) is 4.21 Å². The Labute approximate surface area is 251 Å². The van der Waals surface area contributed by atoms with Crippen LogP contribution in [0.25, 0.3) is 16.6 Å². The van der Waals surface area contributed by atoms with Crippen LogP contribution >= 0.6 is 38.9 Å². The average molecular weight is 675 g/mol. The number of anilines is 2. The fourth-order valence-corrected chi connectivity index (χ4v) is 7.15. The number of benzene rings is 3. The van der Waals surface area contributed by atoms with Crippen molar-refractivity contribution in [3.63, 3.8) is 0 Å². The summed E-state index contributed by atoms with van der Waals surface area (Å²) in [5.74, 6) is 0. The van der Waals surface area contributed by atoms with Gasteiger partial charge in [0.2, 0.25) is 0 Å². The summed E-state index contributed by atoms with van der Waals surface area (Å²) < 4.78 is 28.4. The number of thiophene rings is 1. The fraction of sp³-hybridized carbons (Fsp3) is 0.0741. The van der Waals surface area contributed by atoms with Gasteiger partial charge < -0.3 is 15.6 Å². The van der Waals surface area contributed by atoms with Gasteiger partial charge in [-0.3, -0.25) is 4.79 Å². The Hall–Kier alpha value is -3.91. The third kappa shape index (κ3) is 6.38. The molecule has 0 radical (unpaired) electrons. The second-order valence-corrected chi connectivity index (χ2v) is 13.7. The number of urea groups is 1. The Bertz CT molecular complexity index is 2020. The third-order valence-corrected chi connectivity index (χ3v) is 9.74. The summed E-state index contributed by atoms with van der Waals surface area (Å²) in [5.41, 5.74) is 2.05. The first-order valence-corrected chi connectivity index (χ1v) is 15.4. The highest BCUT2D eigenvalue weighted by atomic mass is 79.9. The van der Waals surface area contributed by atoms with Gasteiger partial charge in [0.05, 0.1) is 20.4 Å². The van der Waals surface area contributed by atoms with Crippen molar-refractivity contribution in [1.82, 2.24) is 14.3 Å². The molecule has 0 atom stereocenters. The van der Waals surface area contributed by atoms with E-state index in [0.717, 1.165) is 27.2 Å². The molecule has 0 bridgehead atoms. The summed E-state index contributed by atoms with van der Waals surface area (Å²) in [6.07, 6.45) is 0. The van der Waals surface area contributed by atoms with E-state index >= 15 is 0 Å².